The van der Waals surface area contributed by atoms with E-state index in [9.17, 15) is 0 Å². The lowest BCUT2D eigenvalue weighted by Gasteiger charge is -2.38. The molecule has 3 nitrogen and oxygen atoms in total. The van der Waals surface area contributed by atoms with Crippen molar-refractivity contribution in [3.63, 3.8) is 0 Å². The van der Waals surface area contributed by atoms with Crippen LogP contribution >= 0.6 is 0 Å². The van der Waals surface area contributed by atoms with Crippen molar-refractivity contribution in [3.05, 3.63) is 0 Å². The van der Waals surface area contributed by atoms with Gasteiger partial charge in [-0.1, -0.05) is 0 Å². The summed E-state index contributed by atoms with van der Waals surface area (Å²) < 4.78 is 5.52. The van der Waals surface area contributed by atoms with E-state index in [2.05, 4.69) is 12.2 Å². The van der Waals surface area contributed by atoms with Gasteiger partial charge < -0.3 is 15.8 Å². The zero-order valence-electron chi connectivity index (χ0n) is 9.09. The molecule has 0 bridgehead atoms. The molecule has 1 aliphatic carbocycles. The third kappa shape index (κ3) is 2.27. The van der Waals surface area contributed by atoms with Crippen LogP contribution in [0.1, 0.15) is 32.6 Å². The maximum Gasteiger partial charge on any atom is 0.0588 e. The molecule has 1 saturated heterocycles. The standard InChI is InChI=1S/C11H22N2O/c1-9-10(3-6-14-9)7-13-8-11(12)4-2-5-11/h9-10,13H,2-8,12H2,1H3. The van der Waals surface area contributed by atoms with Gasteiger partial charge >= 0.3 is 0 Å². The molecule has 2 aliphatic rings. The molecule has 0 amide bonds. The van der Waals surface area contributed by atoms with Crippen LogP contribution in [-0.2, 0) is 4.74 Å². The summed E-state index contributed by atoms with van der Waals surface area (Å²) in [6, 6.07) is 0. The van der Waals surface area contributed by atoms with E-state index in [1.54, 1.807) is 0 Å². The first-order valence-electron chi connectivity index (χ1n) is 5.81. The van der Waals surface area contributed by atoms with Crippen molar-refractivity contribution < 1.29 is 4.74 Å². The number of rotatable bonds is 4. The van der Waals surface area contributed by atoms with E-state index in [1.807, 2.05) is 0 Å². The zero-order chi connectivity index (χ0) is 10.0. The molecule has 2 rings (SSSR count). The fourth-order valence-electron chi connectivity index (χ4n) is 2.36. The van der Waals surface area contributed by atoms with Crippen LogP contribution in [0.15, 0.2) is 0 Å². The summed E-state index contributed by atoms with van der Waals surface area (Å²) >= 11 is 0. The Bertz CT molecular complexity index is 192. The van der Waals surface area contributed by atoms with Gasteiger partial charge in [-0.05, 0) is 38.5 Å². The van der Waals surface area contributed by atoms with Gasteiger partial charge in [-0.25, -0.2) is 0 Å². The van der Waals surface area contributed by atoms with E-state index >= 15 is 0 Å². The number of hydrogen-bond donors (Lipinski definition) is 2. The maximum absolute atomic E-state index is 6.13. The van der Waals surface area contributed by atoms with Crippen LogP contribution < -0.4 is 11.1 Å². The van der Waals surface area contributed by atoms with Gasteiger partial charge in [-0.2, -0.15) is 0 Å². The predicted octanol–water partition coefficient (Wildman–Crippen LogP) is 0.882. The number of hydrogen-bond acceptors (Lipinski definition) is 3. The van der Waals surface area contributed by atoms with Gasteiger partial charge in [0.25, 0.3) is 0 Å². The Labute approximate surface area is 86.4 Å². The van der Waals surface area contributed by atoms with Crippen molar-refractivity contribution in [2.45, 2.75) is 44.2 Å². The van der Waals surface area contributed by atoms with Crippen molar-refractivity contribution in [2.75, 3.05) is 19.7 Å². The Balaban J connectivity index is 1.62. The second-order valence-corrected chi connectivity index (χ2v) is 4.97. The SMILES string of the molecule is CC1OCCC1CNCC1(N)CCC1. The Hall–Kier alpha value is -0.120. The van der Waals surface area contributed by atoms with E-state index in [0.29, 0.717) is 12.0 Å². The quantitative estimate of drug-likeness (QED) is 0.705. The molecule has 0 radical (unpaired) electrons. The first-order chi connectivity index (χ1) is 6.70. The monoisotopic (exact) mass is 198 g/mol. The number of ether oxygens (including phenoxy) is 1. The van der Waals surface area contributed by atoms with Crippen LogP contribution in [0.25, 0.3) is 0 Å². The lowest BCUT2D eigenvalue weighted by atomic mass is 9.77. The molecule has 2 atom stereocenters. The molecule has 1 saturated carbocycles. The van der Waals surface area contributed by atoms with E-state index < -0.39 is 0 Å². The normalized spacial score (nSPS) is 35.6. The van der Waals surface area contributed by atoms with Gasteiger partial charge in [0.2, 0.25) is 0 Å². The summed E-state index contributed by atoms with van der Waals surface area (Å²) in [5.74, 6) is 0.693. The smallest absolute Gasteiger partial charge is 0.0588 e. The predicted molar refractivity (Wildman–Crippen MR) is 57.2 cm³/mol. The molecule has 2 unspecified atom stereocenters. The summed E-state index contributed by atoms with van der Waals surface area (Å²) in [6.07, 6.45) is 5.32. The van der Waals surface area contributed by atoms with Crippen molar-refractivity contribution >= 4 is 0 Å². The Morgan fingerprint density at radius 3 is 2.79 bits per heavy atom. The second-order valence-electron chi connectivity index (χ2n) is 4.97. The molecule has 0 spiro atoms. The molecule has 0 aromatic carbocycles. The van der Waals surface area contributed by atoms with Crippen LogP contribution in [-0.4, -0.2) is 31.3 Å². The largest absolute Gasteiger partial charge is 0.378 e. The minimum Gasteiger partial charge on any atom is -0.378 e. The van der Waals surface area contributed by atoms with Gasteiger partial charge in [-0.3, -0.25) is 0 Å². The topological polar surface area (TPSA) is 47.3 Å². The first-order valence-corrected chi connectivity index (χ1v) is 5.81. The Kier molecular flexibility index (Phi) is 3.10. The van der Waals surface area contributed by atoms with E-state index in [1.165, 1.54) is 25.7 Å². The average molecular weight is 198 g/mol. The fraction of sp³-hybridized carbons (Fsp3) is 1.00. The number of nitrogens with two attached hydrogens (primary N) is 1. The summed E-state index contributed by atoms with van der Waals surface area (Å²) in [6.45, 7) is 5.15. The van der Waals surface area contributed by atoms with Crippen molar-refractivity contribution in [2.24, 2.45) is 11.7 Å². The lowest BCUT2D eigenvalue weighted by molar-refractivity contribution is 0.104. The Morgan fingerprint density at radius 2 is 2.29 bits per heavy atom. The van der Waals surface area contributed by atoms with Gasteiger partial charge in [0, 0.05) is 25.2 Å². The maximum atomic E-state index is 6.13. The summed E-state index contributed by atoms with van der Waals surface area (Å²) in [7, 11) is 0. The van der Waals surface area contributed by atoms with Crippen LogP contribution in [0.5, 0.6) is 0 Å². The highest BCUT2D eigenvalue weighted by Crippen LogP contribution is 2.28. The number of nitrogens with one attached hydrogen (secondary N) is 1. The molecular formula is C11H22N2O. The fourth-order valence-corrected chi connectivity index (χ4v) is 2.36. The molecule has 3 N–H and O–H groups in total. The highest BCUT2D eigenvalue weighted by atomic mass is 16.5. The van der Waals surface area contributed by atoms with Crippen LogP contribution in [0.4, 0.5) is 0 Å². The van der Waals surface area contributed by atoms with Crippen molar-refractivity contribution in [1.82, 2.24) is 5.32 Å². The highest BCUT2D eigenvalue weighted by molar-refractivity contribution is 4.94. The van der Waals surface area contributed by atoms with E-state index in [0.717, 1.165) is 19.7 Å². The molecule has 2 fully saturated rings. The molecule has 82 valence electrons. The van der Waals surface area contributed by atoms with Gasteiger partial charge in [0.05, 0.1) is 6.10 Å². The highest BCUT2D eigenvalue weighted by Gasteiger charge is 2.32. The van der Waals surface area contributed by atoms with E-state index in [-0.39, 0.29) is 5.54 Å². The molecule has 3 heteroatoms. The molecule has 0 aromatic rings. The molecule has 1 heterocycles. The molecular weight excluding hydrogens is 176 g/mol. The van der Waals surface area contributed by atoms with Crippen molar-refractivity contribution in [1.29, 1.82) is 0 Å². The van der Waals surface area contributed by atoms with Crippen LogP contribution in [0.2, 0.25) is 0 Å². The van der Waals surface area contributed by atoms with Gasteiger partial charge in [-0.15, -0.1) is 0 Å². The molecule has 14 heavy (non-hydrogen) atoms. The van der Waals surface area contributed by atoms with Crippen molar-refractivity contribution in [3.8, 4) is 0 Å². The third-order valence-electron chi connectivity index (χ3n) is 3.77. The second kappa shape index (κ2) is 4.17. The summed E-state index contributed by atoms with van der Waals surface area (Å²) in [5, 5.41) is 3.50. The van der Waals surface area contributed by atoms with Gasteiger partial charge in [0.1, 0.15) is 0 Å². The first kappa shape index (κ1) is 10.4. The summed E-state index contributed by atoms with van der Waals surface area (Å²) in [4.78, 5) is 0. The minimum absolute atomic E-state index is 0.114. The molecule has 0 aromatic heterocycles. The van der Waals surface area contributed by atoms with E-state index in [4.69, 9.17) is 10.5 Å². The summed E-state index contributed by atoms with van der Waals surface area (Å²) in [5.41, 5.74) is 6.24. The zero-order valence-corrected chi connectivity index (χ0v) is 9.09. The van der Waals surface area contributed by atoms with Gasteiger partial charge in [0.15, 0.2) is 0 Å². The minimum atomic E-state index is 0.114. The Morgan fingerprint density at radius 1 is 1.50 bits per heavy atom. The third-order valence-corrected chi connectivity index (χ3v) is 3.77. The average Bonchev–Trinajstić information content (AvgIpc) is 2.49. The van der Waals surface area contributed by atoms with Crippen LogP contribution in [0.3, 0.4) is 0 Å². The lowest BCUT2D eigenvalue weighted by Crippen LogP contribution is -2.54. The molecule has 1 aliphatic heterocycles. The van der Waals surface area contributed by atoms with Crippen LogP contribution in [0, 0.1) is 5.92 Å².